The molecule has 1 aliphatic rings. The fourth-order valence-corrected chi connectivity index (χ4v) is 1.95. The zero-order valence-electron chi connectivity index (χ0n) is 9.57. The number of hydrogen-bond acceptors (Lipinski definition) is 3. The summed E-state index contributed by atoms with van der Waals surface area (Å²) < 4.78 is 1.92. The van der Waals surface area contributed by atoms with Crippen LogP contribution in [0.25, 0.3) is 0 Å². The Balaban J connectivity index is 1.81. The molecule has 2 N–H and O–H groups in total. The van der Waals surface area contributed by atoms with Gasteiger partial charge in [-0.2, -0.15) is 0 Å². The summed E-state index contributed by atoms with van der Waals surface area (Å²) in [6, 6.07) is 0. The van der Waals surface area contributed by atoms with Crippen LogP contribution in [0.1, 0.15) is 18.7 Å². The molecule has 1 aromatic heterocycles. The van der Waals surface area contributed by atoms with E-state index in [4.69, 9.17) is 0 Å². The number of nitrogens with zero attached hydrogens (tertiary/aromatic N) is 2. The van der Waals surface area contributed by atoms with Gasteiger partial charge in [-0.25, -0.2) is 4.98 Å². The van der Waals surface area contributed by atoms with Gasteiger partial charge in [0.25, 0.3) is 0 Å². The molecular weight excluding hydrogens is 204 g/mol. The molecule has 1 amide bonds. The topological polar surface area (TPSA) is 59.0 Å². The molecule has 0 aliphatic carbocycles. The van der Waals surface area contributed by atoms with E-state index in [2.05, 4.69) is 15.6 Å². The smallest absolute Gasteiger partial charge is 0.224 e. The molecule has 1 aliphatic heterocycles. The first-order chi connectivity index (χ1) is 7.77. The Morgan fingerprint density at radius 3 is 3.25 bits per heavy atom. The maximum absolute atomic E-state index is 11.8. The van der Waals surface area contributed by atoms with E-state index in [1.165, 1.54) is 0 Å². The van der Waals surface area contributed by atoms with Gasteiger partial charge in [-0.05, 0) is 19.4 Å². The molecule has 1 atom stereocenters. The van der Waals surface area contributed by atoms with E-state index in [0.29, 0.717) is 6.54 Å². The van der Waals surface area contributed by atoms with Gasteiger partial charge in [0.1, 0.15) is 5.82 Å². The third kappa shape index (κ3) is 2.61. The average Bonchev–Trinajstić information content (AvgIpc) is 2.73. The van der Waals surface area contributed by atoms with Crippen molar-refractivity contribution in [1.82, 2.24) is 20.2 Å². The molecule has 1 fully saturated rings. The fourth-order valence-electron chi connectivity index (χ4n) is 1.95. The van der Waals surface area contributed by atoms with Crippen LogP contribution in [0, 0.1) is 5.92 Å². The second-order valence-electron chi connectivity index (χ2n) is 4.22. The van der Waals surface area contributed by atoms with Gasteiger partial charge in [-0.1, -0.05) is 0 Å². The Hall–Kier alpha value is -1.36. The molecule has 5 nitrogen and oxygen atoms in total. The van der Waals surface area contributed by atoms with Crippen molar-refractivity contribution in [3.63, 3.8) is 0 Å². The summed E-state index contributed by atoms with van der Waals surface area (Å²) in [6.07, 6.45) is 5.69. The van der Waals surface area contributed by atoms with Gasteiger partial charge in [0, 0.05) is 26.0 Å². The highest BCUT2D eigenvalue weighted by atomic mass is 16.1. The Labute approximate surface area is 95.2 Å². The normalized spacial score (nSPS) is 20.7. The molecule has 0 radical (unpaired) electrons. The van der Waals surface area contributed by atoms with Crippen LogP contribution in [0.4, 0.5) is 0 Å². The number of carbonyl (C=O) groups excluding carboxylic acids is 1. The molecule has 0 spiro atoms. The zero-order chi connectivity index (χ0) is 11.4. The number of rotatable bonds is 3. The molecule has 1 saturated heterocycles. The van der Waals surface area contributed by atoms with E-state index in [1.807, 2.05) is 17.8 Å². The van der Waals surface area contributed by atoms with Crippen LogP contribution >= 0.6 is 0 Å². The lowest BCUT2D eigenvalue weighted by molar-refractivity contribution is -0.125. The summed E-state index contributed by atoms with van der Waals surface area (Å²) in [6.45, 7) is 2.34. The number of imidazole rings is 1. The predicted molar refractivity (Wildman–Crippen MR) is 60.6 cm³/mol. The molecule has 1 aromatic rings. The molecule has 0 saturated carbocycles. The van der Waals surface area contributed by atoms with E-state index < -0.39 is 0 Å². The Morgan fingerprint density at radius 1 is 1.75 bits per heavy atom. The third-order valence-corrected chi connectivity index (χ3v) is 3.01. The largest absolute Gasteiger partial charge is 0.349 e. The first-order valence-electron chi connectivity index (χ1n) is 5.72. The second-order valence-corrected chi connectivity index (χ2v) is 4.22. The second kappa shape index (κ2) is 5.12. The lowest BCUT2D eigenvalue weighted by atomic mass is 9.99. The first kappa shape index (κ1) is 11.1. The van der Waals surface area contributed by atoms with Crippen LogP contribution in [0.2, 0.25) is 0 Å². The molecule has 2 heterocycles. The molecule has 2 rings (SSSR count). The van der Waals surface area contributed by atoms with Crippen molar-refractivity contribution in [2.75, 3.05) is 13.1 Å². The van der Waals surface area contributed by atoms with Crippen LogP contribution in [0.15, 0.2) is 12.4 Å². The van der Waals surface area contributed by atoms with E-state index in [-0.39, 0.29) is 11.8 Å². The van der Waals surface area contributed by atoms with Crippen molar-refractivity contribution in [3.8, 4) is 0 Å². The zero-order valence-corrected chi connectivity index (χ0v) is 9.57. The lowest BCUT2D eigenvalue weighted by Gasteiger charge is -2.21. The molecule has 0 aromatic carbocycles. The van der Waals surface area contributed by atoms with Gasteiger partial charge in [0.05, 0.1) is 12.5 Å². The Morgan fingerprint density at radius 2 is 2.62 bits per heavy atom. The predicted octanol–water partition coefficient (Wildman–Crippen LogP) is 0.0359. The SMILES string of the molecule is Cn1ccnc1CNC(=O)[C@@H]1CCCNC1. The number of aryl methyl sites for hydroxylation is 1. The summed E-state index contributed by atoms with van der Waals surface area (Å²) >= 11 is 0. The first-order valence-corrected chi connectivity index (χ1v) is 5.72. The number of hydrogen-bond donors (Lipinski definition) is 2. The van der Waals surface area contributed by atoms with Crippen LogP contribution in [-0.2, 0) is 18.4 Å². The molecular formula is C11H18N4O. The minimum Gasteiger partial charge on any atom is -0.349 e. The minimum absolute atomic E-state index is 0.119. The number of amides is 1. The highest BCUT2D eigenvalue weighted by Gasteiger charge is 2.20. The number of aromatic nitrogens is 2. The quantitative estimate of drug-likeness (QED) is 0.759. The van der Waals surface area contributed by atoms with Crippen molar-refractivity contribution in [3.05, 3.63) is 18.2 Å². The highest BCUT2D eigenvalue weighted by Crippen LogP contribution is 2.09. The van der Waals surface area contributed by atoms with Crippen molar-refractivity contribution < 1.29 is 4.79 Å². The van der Waals surface area contributed by atoms with Crippen molar-refractivity contribution in [2.24, 2.45) is 13.0 Å². The van der Waals surface area contributed by atoms with E-state index in [0.717, 1.165) is 31.8 Å². The number of carbonyl (C=O) groups is 1. The molecule has 0 bridgehead atoms. The minimum atomic E-state index is 0.119. The maximum Gasteiger partial charge on any atom is 0.224 e. The van der Waals surface area contributed by atoms with Gasteiger partial charge in [0.2, 0.25) is 5.91 Å². The Bertz CT molecular complexity index is 355. The van der Waals surface area contributed by atoms with Crippen LogP contribution < -0.4 is 10.6 Å². The van der Waals surface area contributed by atoms with Crippen LogP contribution in [0.5, 0.6) is 0 Å². The standard InChI is InChI=1S/C11H18N4O/c1-15-6-5-13-10(15)8-14-11(16)9-3-2-4-12-7-9/h5-6,9,12H,2-4,7-8H2,1H3,(H,14,16)/t9-/m1/s1. The summed E-state index contributed by atoms with van der Waals surface area (Å²) in [5.41, 5.74) is 0. The summed E-state index contributed by atoms with van der Waals surface area (Å²) in [5, 5.41) is 6.17. The lowest BCUT2D eigenvalue weighted by Crippen LogP contribution is -2.40. The van der Waals surface area contributed by atoms with Crippen molar-refractivity contribution >= 4 is 5.91 Å². The summed E-state index contributed by atoms with van der Waals surface area (Å²) in [7, 11) is 1.93. The number of piperidine rings is 1. The van der Waals surface area contributed by atoms with Gasteiger partial charge in [0.15, 0.2) is 0 Å². The monoisotopic (exact) mass is 222 g/mol. The van der Waals surface area contributed by atoms with Gasteiger partial charge >= 0.3 is 0 Å². The van der Waals surface area contributed by atoms with Crippen LogP contribution in [0.3, 0.4) is 0 Å². The summed E-state index contributed by atoms with van der Waals surface area (Å²) in [5.74, 6) is 1.14. The summed E-state index contributed by atoms with van der Waals surface area (Å²) in [4.78, 5) is 16.0. The molecule has 5 heteroatoms. The van der Waals surface area contributed by atoms with E-state index in [9.17, 15) is 4.79 Å². The maximum atomic E-state index is 11.8. The highest BCUT2D eigenvalue weighted by molar-refractivity contribution is 5.78. The van der Waals surface area contributed by atoms with Crippen molar-refractivity contribution in [1.29, 1.82) is 0 Å². The van der Waals surface area contributed by atoms with E-state index >= 15 is 0 Å². The van der Waals surface area contributed by atoms with Gasteiger partial charge in [-0.15, -0.1) is 0 Å². The van der Waals surface area contributed by atoms with E-state index in [1.54, 1.807) is 6.20 Å². The van der Waals surface area contributed by atoms with Gasteiger partial charge in [-0.3, -0.25) is 4.79 Å². The van der Waals surface area contributed by atoms with Crippen molar-refractivity contribution in [2.45, 2.75) is 19.4 Å². The van der Waals surface area contributed by atoms with Crippen LogP contribution in [-0.4, -0.2) is 28.5 Å². The Kier molecular flexibility index (Phi) is 3.56. The fraction of sp³-hybridized carbons (Fsp3) is 0.636. The number of nitrogens with one attached hydrogen (secondary N) is 2. The van der Waals surface area contributed by atoms with Gasteiger partial charge < -0.3 is 15.2 Å². The molecule has 88 valence electrons. The average molecular weight is 222 g/mol. The molecule has 0 unspecified atom stereocenters. The third-order valence-electron chi connectivity index (χ3n) is 3.01. The molecule has 16 heavy (non-hydrogen) atoms.